The second-order valence-corrected chi connectivity index (χ2v) is 5.24. The minimum Gasteiger partial charge on any atom is -0.454 e. The topological polar surface area (TPSA) is 50.7 Å². The number of aliphatic hydroxyl groups is 1. The van der Waals surface area contributed by atoms with Gasteiger partial charge in [-0.2, -0.15) is 0 Å². The Kier molecular flexibility index (Phi) is 2.92. The van der Waals surface area contributed by atoms with E-state index in [1.165, 1.54) is 0 Å². The fourth-order valence-electron chi connectivity index (χ4n) is 2.83. The van der Waals surface area contributed by atoms with E-state index in [1.54, 1.807) is 0 Å². The largest absolute Gasteiger partial charge is 0.454 e. The first-order chi connectivity index (χ1) is 8.68. The molecule has 1 saturated heterocycles. The summed E-state index contributed by atoms with van der Waals surface area (Å²) in [7, 11) is 0. The van der Waals surface area contributed by atoms with E-state index < -0.39 is 5.60 Å². The third kappa shape index (κ3) is 1.95. The molecule has 18 heavy (non-hydrogen) atoms. The fraction of sp³-hybridized carbons (Fsp3) is 0.571. The van der Waals surface area contributed by atoms with E-state index >= 15 is 0 Å². The fourth-order valence-corrected chi connectivity index (χ4v) is 2.83. The van der Waals surface area contributed by atoms with Crippen molar-refractivity contribution in [3.63, 3.8) is 0 Å². The van der Waals surface area contributed by atoms with Gasteiger partial charge >= 0.3 is 0 Å². The molecular formula is C14H19NO3. The average molecular weight is 249 g/mol. The predicted molar refractivity (Wildman–Crippen MR) is 67.7 cm³/mol. The van der Waals surface area contributed by atoms with Gasteiger partial charge in [-0.1, -0.05) is 6.07 Å². The van der Waals surface area contributed by atoms with Gasteiger partial charge in [0.15, 0.2) is 11.5 Å². The maximum atomic E-state index is 10.8. The molecule has 98 valence electrons. The first kappa shape index (κ1) is 11.8. The summed E-state index contributed by atoms with van der Waals surface area (Å²) < 4.78 is 10.7. The van der Waals surface area contributed by atoms with Crippen molar-refractivity contribution in [3.05, 3.63) is 23.8 Å². The van der Waals surface area contributed by atoms with E-state index in [4.69, 9.17) is 9.47 Å². The molecule has 0 radical (unpaired) electrons. The van der Waals surface area contributed by atoms with Crippen LogP contribution in [0.2, 0.25) is 0 Å². The van der Waals surface area contributed by atoms with E-state index in [0.717, 1.165) is 43.0 Å². The minimum atomic E-state index is -0.802. The van der Waals surface area contributed by atoms with E-state index in [2.05, 4.69) is 5.32 Å². The zero-order valence-electron chi connectivity index (χ0n) is 10.6. The number of fused-ring (bicyclic) bond motifs is 1. The third-order valence-corrected chi connectivity index (χ3v) is 4.09. The van der Waals surface area contributed by atoms with Crippen molar-refractivity contribution in [3.8, 4) is 11.5 Å². The van der Waals surface area contributed by atoms with Crippen molar-refractivity contribution in [2.45, 2.75) is 25.4 Å². The Morgan fingerprint density at radius 1 is 1.22 bits per heavy atom. The molecule has 0 saturated carbocycles. The third-order valence-electron chi connectivity index (χ3n) is 4.09. The molecule has 1 fully saturated rings. The van der Waals surface area contributed by atoms with Crippen molar-refractivity contribution in [1.29, 1.82) is 0 Å². The molecule has 1 unspecified atom stereocenters. The number of rotatable bonds is 2. The number of piperidine rings is 1. The lowest BCUT2D eigenvalue weighted by Gasteiger charge is -2.36. The van der Waals surface area contributed by atoms with Crippen LogP contribution in [0.1, 0.15) is 25.3 Å². The van der Waals surface area contributed by atoms with Gasteiger partial charge < -0.3 is 19.9 Å². The zero-order chi connectivity index (χ0) is 12.6. The first-order valence-corrected chi connectivity index (χ1v) is 6.51. The monoisotopic (exact) mass is 249 g/mol. The van der Waals surface area contributed by atoms with Crippen molar-refractivity contribution < 1.29 is 14.6 Å². The highest BCUT2D eigenvalue weighted by atomic mass is 16.7. The Morgan fingerprint density at radius 2 is 1.94 bits per heavy atom. The molecule has 0 spiro atoms. The molecule has 2 aliphatic heterocycles. The van der Waals surface area contributed by atoms with Crippen LogP contribution >= 0.6 is 0 Å². The first-order valence-electron chi connectivity index (χ1n) is 6.51. The molecule has 4 nitrogen and oxygen atoms in total. The average Bonchev–Trinajstić information content (AvgIpc) is 2.87. The van der Waals surface area contributed by atoms with Crippen LogP contribution in [0.15, 0.2) is 18.2 Å². The molecule has 0 aromatic heterocycles. The number of hydrogen-bond acceptors (Lipinski definition) is 4. The molecule has 0 amide bonds. The molecule has 2 heterocycles. The highest BCUT2D eigenvalue weighted by Gasteiger charge is 2.35. The van der Waals surface area contributed by atoms with Crippen LogP contribution in [-0.4, -0.2) is 25.0 Å². The van der Waals surface area contributed by atoms with Gasteiger partial charge in [-0.15, -0.1) is 0 Å². The molecule has 1 aromatic rings. The molecular weight excluding hydrogens is 230 g/mol. The number of hydrogen-bond donors (Lipinski definition) is 2. The van der Waals surface area contributed by atoms with E-state index in [1.807, 2.05) is 25.1 Å². The van der Waals surface area contributed by atoms with Gasteiger partial charge in [0.05, 0.1) is 5.60 Å². The SMILES string of the molecule is CC(O)(c1ccc2c(c1)OCO2)C1CCNCC1. The van der Waals surface area contributed by atoms with Gasteiger partial charge in [-0.05, 0) is 56.5 Å². The molecule has 0 bridgehead atoms. The summed E-state index contributed by atoms with van der Waals surface area (Å²) in [5.41, 5.74) is 0.113. The van der Waals surface area contributed by atoms with Crippen molar-refractivity contribution in [2.75, 3.05) is 19.9 Å². The summed E-state index contributed by atoms with van der Waals surface area (Å²) in [6.45, 7) is 4.13. The summed E-state index contributed by atoms with van der Waals surface area (Å²) in [4.78, 5) is 0. The second kappa shape index (κ2) is 4.44. The highest BCUT2D eigenvalue weighted by Crippen LogP contribution is 2.40. The number of benzene rings is 1. The maximum Gasteiger partial charge on any atom is 0.231 e. The molecule has 2 aliphatic rings. The number of ether oxygens (including phenoxy) is 2. The summed E-state index contributed by atoms with van der Waals surface area (Å²) in [5, 5.41) is 14.1. The van der Waals surface area contributed by atoms with E-state index in [9.17, 15) is 5.11 Å². The van der Waals surface area contributed by atoms with Crippen LogP contribution in [0.4, 0.5) is 0 Å². The Balaban J connectivity index is 1.87. The quantitative estimate of drug-likeness (QED) is 0.836. The van der Waals surface area contributed by atoms with Crippen molar-refractivity contribution >= 4 is 0 Å². The van der Waals surface area contributed by atoms with Gasteiger partial charge in [-0.3, -0.25) is 0 Å². The molecule has 4 heteroatoms. The van der Waals surface area contributed by atoms with Gasteiger partial charge in [-0.25, -0.2) is 0 Å². The van der Waals surface area contributed by atoms with E-state index in [-0.39, 0.29) is 6.79 Å². The number of nitrogens with one attached hydrogen (secondary N) is 1. The van der Waals surface area contributed by atoms with Crippen LogP contribution in [-0.2, 0) is 5.60 Å². The molecule has 0 aliphatic carbocycles. The predicted octanol–water partition coefficient (Wildman–Crippen LogP) is 1.62. The van der Waals surface area contributed by atoms with Gasteiger partial charge in [0.2, 0.25) is 6.79 Å². The normalized spacial score (nSPS) is 22.8. The molecule has 2 N–H and O–H groups in total. The molecule has 1 aromatic carbocycles. The Morgan fingerprint density at radius 3 is 2.72 bits per heavy atom. The Labute approximate surface area is 107 Å². The zero-order valence-corrected chi connectivity index (χ0v) is 10.6. The van der Waals surface area contributed by atoms with E-state index in [0.29, 0.717) is 5.92 Å². The lowest BCUT2D eigenvalue weighted by atomic mass is 9.77. The van der Waals surface area contributed by atoms with Crippen molar-refractivity contribution in [2.24, 2.45) is 5.92 Å². The maximum absolute atomic E-state index is 10.8. The van der Waals surface area contributed by atoms with Gasteiger partial charge in [0, 0.05) is 0 Å². The smallest absolute Gasteiger partial charge is 0.231 e. The van der Waals surface area contributed by atoms with Crippen LogP contribution in [0.25, 0.3) is 0 Å². The standard InChI is InChI=1S/C14H19NO3/c1-14(16,10-4-6-15-7-5-10)11-2-3-12-13(8-11)18-9-17-12/h2-3,8,10,15-16H,4-7,9H2,1H3. The molecule has 1 atom stereocenters. The van der Waals surface area contributed by atoms with Crippen LogP contribution < -0.4 is 14.8 Å². The summed E-state index contributed by atoms with van der Waals surface area (Å²) in [6.07, 6.45) is 2.00. The highest BCUT2D eigenvalue weighted by molar-refractivity contribution is 5.46. The summed E-state index contributed by atoms with van der Waals surface area (Å²) in [6, 6.07) is 5.73. The Bertz CT molecular complexity index is 439. The van der Waals surface area contributed by atoms with Crippen LogP contribution in [0.5, 0.6) is 11.5 Å². The van der Waals surface area contributed by atoms with Crippen LogP contribution in [0.3, 0.4) is 0 Å². The molecule has 3 rings (SSSR count). The van der Waals surface area contributed by atoms with Gasteiger partial charge in [0.25, 0.3) is 0 Å². The lowest BCUT2D eigenvalue weighted by molar-refractivity contribution is -0.0187. The minimum absolute atomic E-state index is 0.272. The Hall–Kier alpha value is -1.26. The summed E-state index contributed by atoms with van der Waals surface area (Å²) in [5.74, 6) is 1.79. The second-order valence-electron chi connectivity index (χ2n) is 5.24. The van der Waals surface area contributed by atoms with Crippen molar-refractivity contribution in [1.82, 2.24) is 5.32 Å². The lowest BCUT2D eigenvalue weighted by Crippen LogP contribution is -2.39. The summed E-state index contributed by atoms with van der Waals surface area (Å²) >= 11 is 0. The van der Waals surface area contributed by atoms with Gasteiger partial charge in [0.1, 0.15) is 0 Å². The van der Waals surface area contributed by atoms with Crippen LogP contribution in [0, 0.1) is 5.92 Å².